The van der Waals surface area contributed by atoms with E-state index in [4.69, 9.17) is 5.73 Å². The lowest BCUT2D eigenvalue weighted by molar-refractivity contribution is 0.142. The van der Waals surface area contributed by atoms with Gasteiger partial charge in [-0.15, -0.1) is 0 Å². The van der Waals surface area contributed by atoms with Gasteiger partial charge in [0.2, 0.25) is 0 Å². The molecular formula is C9H20N2. The van der Waals surface area contributed by atoms with Crippen LogP contribution in [0.25, 0.3) is 0 Å². The van der Waals surface area contributed by atoms with Crippen molar-refractivity contribution in [2.24, 2.45) is 11.7 Å². The van der Waals surface area contributed by atoms with Gasteiger partial charge in [0.1, 0.15) is 0 Å². The van der Waals surface area contributed by atoms with Gasteiger partial charge in [0.15, 0.2) is 0 Å². The van der Waals surface area contributed by atoms with E-state index >= 15 is 0 Å². The van der Waals surface area contributed by atoms with Crippen molar-refractivity contribution in [3.63, 3.8) is 0 Å². The molecule has 2 atom stereocenters. The van der Waals surface area contributed by atoms with Gasteiger partial charge in [-0.05, 0) is 32.2 Å². The van der Waals surface area contributed by atoms with Gasteiger partial charge in [-0.25, -0.2) is 0 Å². The summed E-state index contributed by atoms with van der Waals surface area (Å²) in [5.74, 6) is 0.873. The smallest absolute Gasteiger partial charge is 0.0190 e. The first-order chi connectivity index (χ1) is 5.24. The molecule has 11 heavy (non-hydrogen) atoms. The first-order valence-electron chi connectivity index (χ1n) is 4.68. The summed E-state index contributed by atoms with van der Waals surface area (Å²) in [7, 11) is 0. The summed E-state index contributed by atoms with van der Waals surface area (Å²) < 4.78 is 0. The zero-order valence-corrected chi connectivity index (χ0v) is 7.71. The predicted octanol–water partition coefficient (Wildman–Crippen LogP) is 1.07. The third-order valence-corrected chi connectivity index (χ3v) is 2.65. The molecule has 2 N–H and O–H groups in total. The number of hydrogen-bond acceptors (Lipinski definition) is 2. The summed E-state index contributed by atoms with van der Waals surface area (Å²) in [5.41, 5.74) is 5.61. The molecule has 1 fully saturated rings. The molecule has 0 unspecified atom stereocenters. The highest BCUT2D eigenvalue weighted by molar-refractivity contribution is 4.74. The lowest BCUT2D eigenvalue weighted by Crippen LogP contribution is -2.44. The number of piperidine rings is 1. The minimum absolute atomic E-state index is 0.581. The Kier molecular flexibility index (Phi) is 3.34. The van der Waals surface area contributed by atoms with Crippen molar-refractivity contribution in [2.75, 3.05) is 19.6 Å². The fraction of sp³-hybridized carbons (Fsp3) is 1.00. The van der Waals surface area contributed by atoms with Crippen LogP contribution in [-0.2, 0) is 0 Å². The van der Waals surface area contributed by atoms with E-state index in [9.17, 15) is 0 Å². The summed E-state index contributed by atoms with van der Waals surface area (Å²) in [4.78, 5) is 2.51. The second kappa shape index (κ2) is 4.07. The Morgan fingerprint density at radius 3 is 2.91 bits per heavy atom. The third-order valence-electron chi connectivity index (χ3n) is 2.65. The largest absolute Gasteiger partial charge is 0.329 e. The Hall–Kier alpha value is -0.0800. The highest BCUT2D eigenvalue weighted by Gasteiger charge is 2.19. The molecule has 2 nitrogen and oxygen atoms in total. The molecule has 0 bridgehead atoms. The zero-order chi connectivity index (χ0) is 8.27. The van der Waals surface area contributed by atoms with Crippen LogP contribution < -0.4 is 5.73 Å². The van der Waals surface area contributed by atoms with E-state index in [2.05, 4.69) is 18.7 Å². The van der Waals surface area contributed by atoms with E-state index in [-0.39, 0.29) is 0 Å². The van der Waals surface area contributed by atoms with Crippen LogP contribution in [0.5, 0.6) is 0 Å². The monoisotopic (exact) mass is 156 g/mol. The van der Waals surface area contributed by atoms with Crippen LogP contribution in [-0.4, -0.2) is 30.6 Å². The number of hydrogen-bond donors (Lipinski definition) is 1. The van der Waals surface area contributed by atoms with Crippen LogP contribution in [0.3, 0.4) is 0 Å². The number of likely N-dealkylation sites (tertiary alicyclic amines) is 1. The molecule has 0 saturated carbocycles. The topological polar surface area (TPSA) is 29.3 Å². The van der Waals surface area contributed by atoms with Crippen molar-refractivity contribution in [2.45, 2.75) is 32.7 Å². The van der Waals surface area contributed by atoms with Crippen LogP contribution >= 0.6 is 0 Å². The molecule has 0 aromatic carbocycles. The number of rotatable bonds is 2. The Morgan fingerprint density at radius 2 is 2.36 bits per heavy atom. The van der Waals surface area contributed by atoms with Gasteiger partial charge in [-0.3, -0.25) is 4.90 Å². The number of nitrogens with two attached hydrogens (primary N) is 1. The Bertz CT molecular complexity index is 114. The van der Waals surface area contributed by atoms with Gasteiger partial charge in [0, 0.05) is 19.1 Å². The average molecular weight is 156 g/mol. The molecule has 1 saturated heterocycles. The quantitative estimate of drug-likeness (QED) is 0.648. The second-order valence-electron chi connectivity index (χ2n) is 3.83. The van der Waals surface area contributed by atoms with E-state index < -0.39 is 0 Å². The van der Waals surface area contributed by atoms with Gasteiger partial charge < -0.3 is 5.73 Å². The lowest BCUT2D eigenvalue weighted by Gasteiger charge is -2.34. The molecule has 1 heterocycles. The summed E-state index contributed by atoms with van der Waals surface area (Å²) in [6.07, 6.45) is 2.75. The van der Waals surface area contributed by atoms with Crippen molar-refractivity contribution in [3.05, 3.63) is 0 Å². The van der Waals surface area contributed by atoms with Gasteiger partial charge in [0.05, 0.1) is 0 Å². The van der Waals surface area contributed by atoms with Crippen molar-refractivity contribution in [3.8, 4) is 0 Å². The van der Waals surface area contributed by atoms with Crippen LogP contribution in [0.1, 0.15) is 26.7 Å². The highest BCUT2D eigenvalue weighted by atomic mass is 15.2. The molecule has 1 aliphatic rings. The van der Waals surface area contributed by atoms with Crippen molar-refractivity contribution in [1.29, 1.82) is 0 Å². The molecule has 0 amide bonds. The maximum Gasteiger partial charge on any atom is 0.0190 e. The summed E-state index contributed by atoms with van der Waals surface area (Å²) in [6, 6.07) is 0.581. The third kappa shape index (κ3) is 2.46. The molecule has 0 spiro atoms. The SMILES string of the molecule is C[C@H]1CCCN([C@@H](C)CN)C1. The Labute approximate surface area is 69.8 Å². The van der Waals surface area contributed by atoms with E-state index in [1.165, 1.54) is 25.9 Å². The molecule has 1 aliphatic heterocycles. The first-order valence-corrected chi connectivity index (χ1v) is 4.68. The van der Waals surface area contributed by atoms with E-state index in [0.29, 0.717) is 6.04 Å². The van der Waals surface area contributed by atoms with Gasteiger partial charge in [0.25, 0.3) is 0 Å². The molecule has 2 heteroatoms. The van der Waals surface area contributed by atoms with Crippen molar-refractivity contribution in [1.82, 2.24) is 4.90 Å². The summed E-state index contributed by atoms with van der Waals surface area (Å²) >= 11 is 0. The molecular weight excluding hydrogens is 136 g/mol. The van der Waals surface area contributed by atoms with Crippen LogP contribution in [0.15, 0.2) is 0 Å². The van der Waals surface area contributed by atoms with E-state index in [1.807, 2.05) is 0 Å². The minimum Gasteiger partial charge on any atom is -0.329 e. The van der Waals surface area contributed by atoms with Gasteiger partial charge >= 0.3 is 0 Å². The van der Waals surface area contributed by atoms with Crippen LogP contribution in [0.4, 0.5) is 0 Å². The second-order valence-corrected chi connectivity index (χ2v) is 3.83. The van der Waals surface area contributed by atoms with E-state index in [0.717, 1.165) is 12.5 Å². The zero-order valence-electron chi connectivity index (χ0n) is 7.71. The Morgan fingerprint density at radius 1 is 1.64 bits per heavy atom. The normalized spacial score (nSPS) is 30.3. The maximum atomic E-state index is 5.61. The average Bonchev–Trinajstić information content (AvgIpc) is 2.03. The fourth-order valence-electron chi connectivity index (χ4n) is 1.78. The van der Waals surface area contributed by atoms with Crippen molar-refractivity contribution >= 4 is 0 Å². The van der Waals surface area contributed by atoms with Crippen LogP contribution in [0.2, 0.25) is 0 Å². The molecule has 0 aliphatic carbocycles. The molecule has 1 rings (SSSR count). The summed E-state index contributed by atoms with van der Waals surface area (Å²) in [6.45, 7) is 7.85. The standard InChI is InChI=1S/C9H20N2/c1-8-4-3-5-11(7-8)9(2)6-10/h8-9H,3-7,10H2,1-2H3/t8-,9-/m0/s1. The van der Waals surface area contributed by atoms with Crippen molar-refractivity contribution < 1.29 is 0 Å². The van der Waals surface area contributed by atoms with Gasteiger partial charge in [-0.2, -0.15) is 0 Å². The van der Waals surface area contributed by atoms with Gasteiger partial charge in [-0.1, -0.05) is 6.92 Å². The molecule has 0 radical (unpaired) electrons. The van der Waals surface area contributed by atoms with E-state index in [1.54, 1.807) is 0 Å². The molecule has 0 aromatic heterocycles. The Balaban J connectivity index is 2.33. The van der Waals surface area contributed by atoms with Crippen LogP contribution in [0, 0.1) is 5.92 Å². The molecule has 66 valence electrons. The summed E-state index contributed by atoms with van der Waals surface area (Å²) in [5, 5.41) is 0. The maximum absolute atomic E-state index is 5.61. The highest BCUT2D eigenvalue weighted by Crippen LogP contribution is 2.16. The first kappa shape index (κ1) is 9.01. The fourth-order valence-corrected chi connectivity index (χ4v) is 1.78. The lowest BCUT2D eigenvalue weighted by atomic mass is 9.99. The minimum atomic E-state index is 0.581. The predicted molar refractivity (Wildman–Crippen MR) is 48.5 cm³/mol. The number of nitrogens with zero attached hydrogens (tertiary/aromatic N) is 1. The molecule has 0 aromatic rings.